The number of H-pyrrole nitrogens is 1. The Morgan fingerprint density at radius 3 is 1.94 bits per heavy atom. The molecule has 0 spiro atoms. The van der Waals surface area contributed by atoms with E-state index in [1.165, 1.54) is 4.31 Å². The van der Waals surface area contributed by atoms with Crippen molar-refractivity contribution in [2.75, 3.05) is 75.3 Å². The largest absolute Gasteiger partial charge is 0.395 e. The smallest absolute Gasteiger partial charge is 0.246 e. The molecule has 12 heteroatoms. The van der Waals surface area contributed by atoms with Crippen LogP contribution in [-0.2, 0) is 10.0 Å². The van der Waals surface area contributed by atoms with Crippen LogP contribution in [0.3, 0.4) is 0 Å². The van der Waals surface area contributed by atoms with Gasteiger partial charge in [-0.15, -0.1) is 10.2 Å². The SMILES string of the molecule is Cc1n[nH]c(C)c1S(=O)(=O)N1CCN(c2ccc(N3CCN(CCO)CC3)nn2)CC1. The standard InChI is InChI=1S/C19H30N8O3S/c1-15-19(16(2)21-20-15)31(29,30)27-11-9-26(10-12-27)18-4-3-17(22-23-18)25-7-5-24(6-8-25)13-14-28/h3-4,28H,5-14H2,1-2H3,(H,20,21). The number of aliphatic hydroxyl groups is 1. The molecule has 2 aliphatic heterocycles. The summed E-state index contributed by atoms with van der Waals surface area (Å²) < 4.78 is 27.5. The van der Waals surface area contributed by atoms with Gasteiger partial charge in [0.25, 0.3) is 0 Å². The first kappa shape index (κ1) is 21.9. The van der Waals surface area contributed by atoms with Crippen LogP contribution in [0.15, 0.2) is 17.0 Å². The van der Waals surface area contributed by atoms with Crippen molar-refractivity contribution in [3.8, 4) is 0 Å². The van der Waals surface area contributed by atoms with Crippen molar-refractivity contribution in [2.45, 2.75) is 18.7 Å². The van der Waals surface area contributed by atoms with Gasteiger partial charge in [0.1, 0.15) is 4.90 Å². The molecular formula is C19H30N8O3S. The average molecular weight is 451 g/mol. The maximum absolute atomic E-state index is 13.0. The van der Waals surface area contributed by atoms with Crippen molar-refractivity contribution in [1.29, 1.82) is 0 Å². The number of aliphatic hydroxyl groups excluding tert-OH is 1. The fourth-order valence-corrected chi connectivity index (χ4v) is 5.96. The van der Waals surface area contributed by atoms with E-state index >= 15 is 0 Å². The molecular weight excluding hydrogens is 420 g/mol. The van der Waals surface area contributed by atoms with E-state index in [1.54, 1.807) is 13.8 Å². The summed E-state index contributed by atoms with van der Waals surface area (Å²) in [6, 6.07) is 3.93. The average Bonchev–Trinajstić information content (AvgIpc) is 3.13. The predicted octanol–water partition coefficient (Wildman–Crippen LogP) is -0.558. The Bertz CT molecular complexity index is 959. The molecule has 0 unspecified atom stereocenters. The Kier molecular flexibility index (Phi) is 6.42. The van der Waals surface area contributed by atoms with Crippen LogP contribution in [0.5, 0.6) is 0 Å². The summed E-state index contributed by atoms with van der Waals surface area (Å²) in [7, 11) is -3.57. The number of aryl methyl sites for hydroxylation is 2. The molecule has 11 nitrogen and oxygen atoms in total. The number of aromatic amines is 1. The fraction of sp³-hybridized carbons (Fsp3) is 0.632. The minimum atomic E-state index is -3.57. The van der Waals surface area contributed by atoms with Crippen molar-refractivity contribution < 1.29 is 13.5 Å². The normalized spacial score (nSPS) is 19.2. The molecule has 4 heterocycles. The highest BCUT2D eigenvalue weighted by molar-refractivity contribution is 7.89. The van der Waals surface area contributed by atoms with E-state index in [9.17, 15) is 8.42 Å². The molecule has 4 rings (SSSR count). The van der Waals surface area contributed by atoms with Gasteiger partial charge in [0, 0.05) is 58.9 Å². The molecule has 0 bridgehead atoms. The lowest BCUT2D eigenvalue weighted by atomic mass is 10.3. The summed E-state index contributed by atoms with van der Waals surface area (Å²) in [4.78, 5) is 6.78. The lowest BCUT2D eigenvalue weighted by Crippen LogP contribution is -2.49. The Labute approximate surface area is 182 Å². The van der Waals surface area contributed by atoms with Gasteiger partial charge in [-0.25, -0.2) is 8.42 Å². The Morgan fingerprint density at radius 1 is 0.935 bits per heavy atom. The van der Waals surface area contributed by atoms with Gasteiger partial charge in [0.2, 0.25) is 10.0 Å². The van der Waals surface area contributed by atoms with E-state index in [2.05, 4.69) is 35.1 Å². The van der Waals surface area contributed by atoms with Crippen LogP contribution in [0.2, 0.25) is 0 Å². The minimum Gasteiger partial charge on any atom is -0.395 e. The Balaban J connectivity index is 1.35. The predicted molar refractivity (Wildman–Crippen MR) is 117 cm³/mol. The second-order valence-electron chi connectivity index (χ2n) is 7.96. The first-order chi connectivity index (χ1) is 14.9. The summed E-state index contributed by atoms with van der Waals surface area (Å²) in [6.45, 7) is 9.74. The summed E-state index contributed by atoms with van der Waals surface area (Å²) in [5.41, 5.74) is 1.07. The van der Waals surface area contributed by atoms with Crippen LogP contribution in [0.25, 0.3) is 0 Å². The lowest BCUT2D eigenvalue weighted by molar-refractivity contribution is 0.188. The van der Waals surface area contributed by atoms with Crippen LogP contribution in [0, 0.1) is 13.8 Å². The van der Waals surface area contributed by atoms with Gasteiger partial charge < -0.3 is 14.9 Å². The molecule has 2 saturated heterocycles. The topological polar surface area (TPSA) is 122 Å². The molecule has 0 saturated carbocycles. The third-order valence-corrected chi connectivity index (χ3v) is 8.13. The lowest BCUT2D eigenvalue weighted by Gasteiger charge is -2.36. The van der Waals surface area contributed by atoms with Gasteiger partial charge >= 0.3 is 0 Å². The third-order valence-electron chi connectivity index (χ3n) is 5.97. The highest BCUT2D eigenvalue weighted by atomic mass is 32.2. The monoisotopic (exact) mass is 450 g/mol. The third kappa shape index (κ3) is 4.52. The summed E-state index contributed by atoms with van der Waals surface area (Å²) in [6.07, 6.45) is 0. The molecule has 2 aliphatic rings. The number of hydrogen-bond acceptors (Lipinski definition) is 9. The van der Waals surface area contributed by atoms with Crippen LogP contribution < -0.4 is 9.80 Å². The van der Waals surface area contributed by atoms with Gasteiger partial charge in [-0.3, -0.25) is 10.00 Å². The quantitative estimate of drug-likeness (QED) is 0.596. The zero-order valence-corrected chi connectivity index (χ0v) is 18.8. The second-order valence-corrected chi connectivity index (χ2v) is 9.83. The van der Waals surface area contributed by atoms with Gasteiger partial charge in [-0.1, -0.05) is 0 Å². The molecule has 0 aromatic carbocycles. The zero-order chi connectivity index (χ0) is 22.0. The molecule has 2 fully saturated rings. The molecule has 2 N–H and O–H groups in total. The number of piperazine rings is 2. The molecule has 0 radical (unpaired) electrons. The number of nitrogens with zero attached hydrogens (tertiary/aromatic N) is 7. The van der Waals surface area contributed by atoms with E-state index in [-0.39, 0.29) is 11.5 Å². The maximum Gasteiger partial charge on any atom is 0.246 e. The fourth-order valence-electron chi connectivity index (χ4n) is 4.20. The Hall–Kier alpha value is -2.28. The van der Waals surface area contributed by atoms with Crippen molar-refractivity contribution in [3.63, 3.8) is 0 Å². The first-order valence-corrected chi connectivity index (χ1v) is 12.0. The second kappa shape index (κ2) is 9.07. The van der Waals surface area contributed by atoms with Crippen molar-refractivity contribution in [1.82, 2.24) is 29.6 Å². The number of anilines is 2. The molecule has 0 amide bonds. The first-order valence-electron chi connectivity index (χ1n) is 10.6. The van der Waals surface area contributed by atoms with Gasteiger partial charge in [0.05, 0.1) is 18.0 Å². The molecule has 0 aliphatic carbocycles. The number of aromatic nitrogens is 4. The van der Waals surface area contributed by atoms with Crippen molar-refractivity contribution in [2.24, 2.45) is 0 Å². The van der Waals surface area contributed by atoms with E-state index in [0.29, 0.717) is 44.1 Å². The summed E-state index contributed by atoms with van der Waals surface area (Å²) in [5.74, 6) is 1.61. The highest BCUT2D eigenvalue weighted by Gasteiger charge is 2.32. The van der Waals surface area contributed by atoms with Crippen LogP contribution >= 0.6 is 0 Å². The summed E-state index contributed by atoms with van der Waals surface area (Å²) >= 11 is 0. The van der Waals surface area contributed by atoms with E-state index in [4.69, 9.17) is 5.11 Å². The maximum atomic E-state index is 13.0. The zero-order valence-electron chi connectivity index (χ0n) is 18.0. The van der Waals surface area contributed by atoms with E-state index < -0.39 is 10.0 Å². The van der Waals surface area contributed by atoms with Crippen molar-refractivity contribution >= 4 is 21.7 Å². The number of hydrogen-bond donors (Lipinski definition) is 2. The van der Waals surface area contributed by atoms with Gasteiger partial charge in [-0.2, -0.15) is 9.40 Å². The van der Waals surface area contributed by atoms with Gasteiger partial charge in [-0.05, 0) is 26.0 Å². The number of rotatable bonds is 6. The van der Waals surface area contributed by atoms with Crippen LogP contribution in [0.1, 0.15) is 11.4 Å². The van der Waals surface area contributed by atoms with E-state index in [1.807, 2.05) is 12.1 Å². The minimum absolute atomic E-state index is 0.185. The molecule has 2 aromatic rings. The highest BCUT2D eigenvalue weighted by Crippen LogP contribution is 2.24. The molecule has 170 valence electrons. The van der Waals surface area contributed by atoms with E-state index in [0.717, 1.165) is 37.8 Å². The van der Waals surface area contributed by atoms with Crippen LogP contribution in [0.4, 0.5) is 11.6 Å². The number of β-amino-alcohol motifs (C(OH)–C–C–N with tert-alkyl or cyclic N) is 1. The molecule has 31 heavy (non-hydrogen) atoms. The van der Waals surface area contributed by atoms with Gasteiger partial charge in [0.15, 0.2) is 11.6 Å². The summed E-state index contributed by atoms with van der Waals surface area (Å²) in [5, 5.41) is 24.6. The number of sulfonamides is 1. The van der Waals surface area contributed by atoms with Crippen LogP contribution in [-0.4, -0.2) is 109 Å². The molecule has 0 atom stereocenters. The molecule has 2 aromatic heterocycles. The Morgan fingerprint density at radius 2 is 1.48 bits per heavy atom. The number of nitrogens with one attached hydrogen (secondary N) is 1. The van der Waals surface area contributed by atoms with Crippen molar-refractivity contribution in [3.05, 3.63) is 23.5 Å².